The van der Waals surface area contributed by atoms with Crippen molar-refractivity contribution in [3.8, 4) is 0 Å². The Bertz CT molecular complexity index is 357. The Hall–Kier alpha value is -0.380. The van der Waals surface area contributed by atoms with Gasteiger partial charge in [0.1, 0.15) is 0 Å². The van der Waals surface area contributed by atoms with Gasteiger partial charge in [-0.1, -0.05) is 48.0 Å². The molecule has 1 unspecified atom stereocenters. The fraction of sp³-hybridized carbons (Fsp3) is 0.647. The minimum absolute atomic E-state index is 0.636. The number of hydrogen-bond donors (Lipinski definition) is 1. The third-order valence-corrected chi connectivity index (χ3v) is 4.12. The number of halogens is 1. The lowest BCUT2D eigenvalue weighted by Crippen LogP contribution is -2.26. The Morgan fingerprint density at radius 2 is 1.95 bits per heavy atom. The predicted molar refractivity (Wildman–Crippen MR) is 90.2 cm³/mol. The van der Waals surface area contributed by atoms with Crippen LogP contribution in [0.25, 0.3) is 0 Å². The summed E-state index contributed by atoms with van der Waals surface area (Å²) in [6, 6.07) is 8.52. The Balaban J connectivity index is 2.46. The minimum Gasteiger partial charge on any atom is -0.381 e. The van der Waals surface area contributed by atoms with Crippen molar-refractivity contribution < 1.29 is 4.74 Å². The smallest absolute Gasteiger partial charge is 0.0469 e. The lowest BCUT2D eigenvalue weighted by molar-refractivity contribution is 0.120. The second-order valence-electron chi connectivity index (χ2n) is 5.27. The summed E-state index contributed by atoms with van der Waals surface area (Å²) < 4.78 is 6.87. The van der Waals surface area contributed by atoms with Gasteiger partial charge in [0.05, 0.1) is 0 Å². The molecule has 3 heteroatoms. The van der Waals surface area contributed by atoms with Gasteiger partial charge in [-0.25, -0.2) is 0 Å². The molecule has 1 aromatic carbocycles. The average Bonchev–Trinajstić information content (AvgIpc) is 2.46. The van der Waals surface area contributed by atoms with E-state index in [0.29, 0.717) is 5.92 Å². The Labute approximate surface area is 132 Å². The molecule has 0 saturated carbocycles. The van der Waals surface area contributed by atoms with Crippen LogP contribution in [0.1, 0.15) is 38.7 Å². The number of ether oxygens (including phenoxy) is 1. The molecular weight excluding hydrogens is 314 g/mol. The highest BCUT2D eigenvalue weighted by Crippen LogP contribution is 2.20. The van der Waals surface area contributed by atoms with Gasteiger partial charge in [-0.2, -0.15) is 0 Å². The molecule has 1 atom stereocenters. The van der Waals surface area contributed by atoms with Crippen LogP contribution in [-0.4, -0.2) is 26.3 Å². The van der Waals surface area contributed by atoms with Gasteiger partial charge in [0.15, 0.2) is 0 Å². The van der Waals surface area contributed by atoms with Gasteiger partial charge in [0.25, 0.3) is 0 Å². The van der Waals surface area contributed by atoms with Gasteiger partial charge >= 0.3 is 0 Å². The van der Waals surface area contributed by atoms with E-state index in [9.17, 15) is 0 Å². The van der Waals surface area contributed by atoms with E-state index in [-0.39, 0.29) is 0 Å². The monoisotopic (exact) mass is 341 g/mol. The molecule has 0 amide bonds. The van der Waals surface area contributed by atoms with E-state index < -0.39 is 0 Å². The van der Waals surface area contributed by atoms with E-state index in [1.165, 1.54) is 16.5 Å². The maximum absolute atomic E-state index is 5.65. The molecule has 0 spiro atoms. The Morgan fingerprint density at radius 3 is 2.65 bits per heavy atom. The summed E-state index contributed by atoms with van der Waals surface area (Å²) in [7, 11) is 0. The number of hydrogen-bond acceptors (Lipinski definition) is 2. The largest absolute Gasteiger partial charge is 0.381 e. The van der Waals surface area contributed by atoms with Crippen LogP contribution >= 0.6 is 15.9 Å². The summed E-state index contributed by atoms with van der Waals surface area (Å²) in [6.45, 7) is 8.29. The van der Waals surface area contributed by atoms with Crippen molar-refractivity contribution >= 4 is 15.9 Å². The van der Waals surface area contributed by atoms with Crippen LogP contribution in [-0.2, 0) is 11.2 Å². The maximum atomic E-state index is 5.65. The molecule has 1 N–H and O–H groups in total. The topological polar surface area (TPSA) is 21.3 Å². The van der Waals surface area contributed by atoms with Crippen molar-refractivity contribution in [3.05, 3.63) is 34.3 Å². The lowest BCUT2D eigenvalue weighted by atomic mass is 9.96. The third kappa shape index (κ3) is 7.41. The fourth-order valence-corrected chi connectivity index (χ4v) is 2.68. The zero-order valence-corrected chi connectivity index (χ0v) is 14.4. The molecule has 0 aliphatic heterocycles. The molecule has 114 valence electrons. The zero-order valence-electron chi connectivity index (χ0n) is 12.8. The molecule has 0 heterocycles. The summed E-state index contributed by atoms with van der Waals surface area (Å²) in [5.41, 5.74) is 1.39. The molecule has 0 saturated heterocycles. The molecule has 1 aromatic rings. The Kier molecular flexibility index (Phi) is 9.98. The summed E-state index contributed by atoms with van der Waals surface area (Å²) >= 11 is 3.65. The first-order valence-corrected chi connectivity index (χ1v) is 8.59. The van der Waals surface area contributed by atoms with Crippen molar-refractivity contribution in [2.24, 2.45) is 5.92 Å². The van der Waals surface area contributed by atoms with Gasteiger partial charge in [0, 0.05) is 17.7 Å². The predicted octanol–water partition coefficient (Wildman–Crippen LogP) is 4.42. The van der Waals surface area contributed by atoms with Gasteiger partial charge in [-0.3, -0.25) is 0 Å². The summed E-state index contributed by atoms with van der Waals surface area (Å²) in [5.74, 6) is 0.636. The van der Waals surface area contributed by atoms with Crippen molar-refractivity contribution in [2.75, 3.05) is 26.3 Å². The van der Waals surface area contributed by atoms with Crippen LogP contribution in [0.2, 0.25) is 0 Å². The van der Waals surface area contributed by atoms with Gasteiger partial charge in [0.2, 0.25) is 0 Å². The normalized spacial score (nSPS) is 12.6. The summed E-state index contributed by atoms with van der Waals surface area (Å²) in [5, 5.41) is 3.54. The third-order valence-electron chi connectivity index (χ3n) is 3.35. The average molecular weight is 342 g/mol. The second-order valence-corrected chi connectivity index (χ2v) is 6.12. The fourth-order valence-electron chi connectivity index (χ4n) is 2.23. The molecule has 0 bridgehead atoms. The van der Waals surface area contributed by atoms with Gasteiger partial charge in [-0.15, -0.1) is 0 Å². The van der Waals surface area contributed by atoms with E-state index in [0.717, 1.165) is 45.6 Å². The van der Waals surface area contributed by atoms with E-state index in [4.69, 9.17) is 4.74 Å². The van der Waals surface area contributed by atoms with Crippen LogP contribution in [0.5, 0.6) is 0 Å². The summed E-state index contributed by atoms with van der Waals surface area (Å²) in [4.78, 5) is 0. The zero-order chi connectivity index (χ0) is 14.6. The van der Waals surface area contributed by atoms with Gasteiger partial charge < -0.3 is 10.1 Å². The molecule has 0 aliphatic rings. The van der Waals surface area contributed by atoms with E-state index >= 15 is 0 Å². The highest BCUT2D eigenvalue weighted by molar-refractivity contribution is 9.10. The minimum atomic E-state index is 0.636. The quantitative estimate of drug-likeness (QED) is 0.601. The van der Waals surface area contributed by atoms with Crippen molar-refractivity contribution in [1.29, 1.82) is 0 Å². The van der Waals surface area contributed by atoms with Crippen LogP contribution in [0.15, 0.2) is 28.7 Å². The van der Waals surface area contributed by atoms with E-state index in [1.807, 2.05) is 0 Å². The van der Waals surface area contributed by atoms with Crippen LogP contribution in [0.3, 0.4) is 0 Å². The Morgan fingerprint density at radius 1 is 1.15 bits per heavy atom. The first-order chi connectivity index (χ1) is 9.77. The molecule has 0 aromatic heterocycles. The molecule has 0 fully saturated rings. The maximum Gasteiger partial charge on any atom is 0.0469 e. The highest BCUT2D eigenvalue weighted by atomic mass is 79.9. The van der Waals surface area contributed by atoms with Gasteiger partial charge in [-0.05, 0) is 56.3 Å². The van der Waals surface area contributed by atoms with Crippen molar-refractivity contribution in [3.63, 3.8) is 0 Å². The van der Waals surface area contributed by atoms with Crippen molar-refractivity contribution in [2.45, 2.75) is 39.5 Å². The second kappa shape index (κ2) is 11.3. The van der Waals surface area contributed by atoms with E-state index in [2.05, 4.69) is 59.4 Å². The molecule has 2 nitrogen and oxygen atoms in total. The molecular formula is C17H28BrNO. The molecule has 0 aliphatic carbocycles. The van der Waals surface area contributed by atoms with Crippen LogP contribution in [0.4, 0.5) is 0 Å². The van der Waals surface area contributed by atoms with Crippen LogP contribution < -0.4 is 5.32 Å². The first kappa shape index (κ1) is 17.7. The van der Waals surface area contributed by atoms with Crippen LogP contribution in [0, 0.1) is 5.92 Å². The standard InChI is InChI=1S/C17H28BrNO/c1-3-10-19-14-15(9-12-20-11-4-2)13-16-7-5-6-8-17(16)18/h5-8,15,19H,3-4,9-14H2,1-2H3. The lowest BCUT2D eigenvalue weighted by Gasteiger charge is -2.18. The highest BCUT2D eigenvalue weighted by Gasteiger charge is 2.11. The molecule has 0 radical (unpaired) electrons. The molecule has 20 heavy (non-hydrogen) atoms. The SMILES string of the molecule is CCCNCC(CCOCCC)Cc1ccccc1Br. The number of benzene rings is 1. The van der Waals surface area contributed by atoms with E-state index in [1.54, 1.807) is 0 Å². The number of rotatable bonds is 11. The summed E-state index contributed by atoms with van der Waals surface area (Å²) in [6.07, 6.45) is 4.52. The van der Waals surface area contributed by atoms with Crippen molar-refractivity contribution in [1.82, 2.24) is 5.32 Å². The number of nitrogens with one attached hydrogen (secondary N) is 1. The molecule has 1 rings (SSSR count). The first-order valence-electron chi connectivity index (χ1n) is 7.79.